The second-order valence-corrected chi connectivity index (χ2v) is 13.6. The third kappa shape index (κ3) is 5.62. The van der Waals surface area contributed by atoms with Crippen LogP contribution >= 0.6 is 0 Å². The molecule has 0 unspecified atom stereocenters. The van der Waals surface area contributed by atoms with Gasteiger partial charge in [-0.2, -0.15) is 5.26 Å². The number of rotatable bonds is 11. The summed E-state index contributed by atoms with van der Waals surface area (Å²) in [6.45, 7) is 9.55. The maximum absolute atomic E-state index is 13.0. The Morgan fingerprint density at radius 2 is 1.90 bits per heavy atom. The molecule has 0 N–H and O–H groups in total. The van der Waals surface area contributed by atoms with Crippen LogP contribution in [0.5, 0.6) is 0 Å². The third-order valence-electron chi connectivity index (χ3n) is 8.71. The van der Waals surface area contributed by atoms with Crippen molar-refractivity contribution < 1.29 is 13.2 Å². The number of hydrogen-bond donors (Lipinski definition) is 0. The number of pyridine rings is 1. The van der Waals surface area contributed by atoms with Gasteiger partial charge < -0.3 is 9.80 Å². The molecule has 0 bridgehead atoms. The zero-order chi connectivity index (χ0) is 28.7. The number of amides is 1. The van der Waals surface area contributed by atoms with Gasteiger partial charge in [0.25, 0.3) is 10.0 Å². The van der Waals surface area contributed by atoms with Crippen molar-refractivity contribution >= 4 is 27.4 Å². The normalized spacial score (nSPS) is 20.8. The standard InChI is InChI=1S/C32H37N5O3S/c1-3-5-15-37(41(39,40)4-2)27-8-6-7-25(18-27)28-19-26(20-33)31(34-30(28)23-11-12-23)35-16-17-36(32(38)24-13-14-24)29(21-35)22-9-10-22/h3-4,6-8,18-19,22-24,29H,1-2,5,9-17,21H2/t29-/m0/s1. The zero-order valence-corrected chi connectivity index (χ0v) is 24.2. The SMILES string of the molecule is C=CCCN(c1cccc(-c2cc(C#N)c(N3CCN(C(=O)C4CC4)[C@H](C4CC4)C3)nc2C2CC2)c1)S(=O)(=O)C=C. The summed E-state index contributed by atoms with van der Waals surface area (Å²) in [6, 6.07) is 11.9. The lowest BCUT2D eigenvalue weighted by atomic mass is 9.98. The highest BCUT2D eigenvalue weighted by Gasteiger charge is 2.45. The molecule has 1 aromatic carbocycles. The fourth-order valence-electron chi connectivity index (χ4n) is 6.00. The van der Waals surface area contributed by atoms with Crippen molar-refractivity contribution in [3.63, 3.8) is 0 Å². The average Bonchev–Trinajstić information content (AvgIpc) is 3.85. The summed E-state index contributed by atoms with van der Waals surface area (Å²) in [6.07, 6.45) is 8.59. The number of sulfonamides is 1. The molecule has 214 valence electrons. The number of nitriles is 1. The van der Waals surface area contributed by atoms with Gasteiger partial charge in [0.15, 0.2) is 0 Å². The van der Waals surface area contributed by atoms with Crippen LogP contribution in [0.1, 0.15) is 62.1 Å². The molecule has 8 nitrogen and oxygen atoms in total. The summed E-state index contributed by atoms with van der Waals surface area (Å²) in [5.41, 5.74) is 3.71. The lowest BCUT2D eigenvalue weighted by Gasteiger charge is -2.43. The molecule has 1 aliphatic heterocycles. The van der Waals surface area contributed by atoms with Crippen molar-refractivity contribution in [2.24, 2.45) is 11.8 Å². The van der Waals surface area contributed by atoms with E-state index in [0.29, 0.717) is 60.9 Å². The molecule has 0 spiro atoms. The predicted octanol–water partition coefficient (Wildman–Crippen LogP) is 5.19. The molecule has 4 fully saturated rings. The minimum Gasteiger partial charge on any atom is -0.352 e. The van der Waals surface area contributed by atoms with Gasteiger partial charge in [-0.05, 0) is 74.6 Å². The van der Waals surface area contributed by atoms with Gasteiger partial charge in [-0.3, -0.25) is 9.10 Å². The van der Waals surface area contributed by atoms with Gasteiger partial charge in [0.1, 0.15) is 11.9 Å². The number of piperazine rings is 1. The molecule has 2 heterocycles. The van der Waals surface area contributed by atoms with Crippen LogP contribution in [-0.2, 0) is 14.8 Å². The second-order valence-electron chi connectivity index (χ2n) is 11.7. The van der Waals surface area contributed by atoms with Gasteiger partial charge in [0.2, 0.25) is 5.91 Å². The summed E-state index contributed by atoms with van der Waals surface area (Å²) in [5, 5.41) is 11.2. The number of nitrogens with zero attached hydrogens (tertiary/aromatic N) is 5. The van der Waals surface area contributed by atoms with E-state index < -0.39 is 10.0 Å². The predicted molar refractivity (Wildman–Crippen MR) is 161 cm³/mol. The summed E-state index contributed by atoms with van der Waals surface area (Å²) in [5.74, 6) is 2.07. The van der Waals surface area contributed by atoms with Gasteiger partial charge in [-0.25, -0.2) is 13.4 Å². The fraction of sp³-hybridized carbons (Fsp3) is 0.469. The summed E-state index contributed by atoms with van der Waals surface area (Å²) >= 11 is 0. The monoisotopic (exact) mass is 571 g/mol. The quantitative estimate of drug-likeness (QED) is 0.344. The van der Waals surface area contributed by atoms with Gasteiger partial charge in [0, 0.05) is 49.0 Å². The topological polar surface area (TPSA) is 97.6 Å². The van der Waals surface area contributed by atoms with Crippen molar-refractivity contribution in [2.45, 2.75) is 56.9 Å². The summed E-state index contributed by atoms with van der Waals surface area (Å²) in [7, 11) is -3.71. The van der Waals surface area contributed by atoms with Gasteiger partial charge in [-0.1, -0.05) is 24.8 Å². The van der Waals surface area contributed by atoms with Crippen LogP contribution in [0, 0.1) is 23.2 Å². The average molecular weight is 572 g/mol. The minimum absolute atomic E-state index is 0.180. The Labute approximate surface area is 243 Å². The summed E-state index contributed by atoms with van der Waals surface area (Å²) < 4.78 is 27.0. The van der Waals surface area contributed by atoms with Crippen molar-refractivity contribution in [3.05, 3.63) is 66.2 Å². The van der Waals surface area contributed by atoms with Crippen LogP contribution in [0.2, 0.25) is 0 Å². The van der Waals surface area contributed by atoms with Crippen molar-refractivity contribution in [1.82, 2.24) is 9.88 Å². The van der Waals surface area contributed by atoms with Crippen LogP contribution in [0.15, 0.2) is 55.0 Å². The van der Waals surface area contributed by atoms with Crippen LogP contribution in [0.25, 0.3) is 11.1 Å². The Balaban J connectivity index is 1.35. The Kier molecular flexibility index (Phi) is 7.37. The number of hydrogen-bond acceptors (Lipinski definition) is 6. The second kappa shape index (κ2) is 11.0. The first kappa shape index (κ1) is 27.5. The molecule has 1 atom stereocenters. The Bertz CT molecular complexity index is 1520. The molecule has 9 heteroatoms. The van der Waals surface area contributed by atoms with Crippen molar-refractivity contribution in [2.75, 3.05) is 35.4 Å². The van der Waals surface area contributed by atoms with Crippen LogP contribution in [0.4, 0.5) is 11.5 Å². The molecule has 0 radical (unpaired) electrons. The Morgan fingerprint density at radius 1 is 1.12 bits per heavy atom. The minimum atomic E-state index is -3.71. The van der Waals surface area contributed by atoms with Crippen LogP contribution in [-0.4, -0.2) is 56.4 Å². The highest BCUT2D eigenvalue weighted by atomic mass is 32.2. The number of aromatic nitrogens is 1. The van der Waals surface area contributed by atoms with E-state index in [-0.39, 0.29) is 18.5 Å². The molecule has 6 rings (SSSR count). The van der Waals surface area contributed by atoms with E-state index in [1.165, 1.54) is 4.31 Å². The first-order valence-corrected chi connectivity index (χ1v) is 16.2. The molecule has 3 saturated carbocycles. The van der Waals surface area contributed by atoms with E-state index in [0.717, 1.165) is 60.8 Å². The molecule has 3 aliphatic carbocycles. The van der Waals surface area contributed by atoms with Crippen molar-refractivity contribution in [1.29, 1.82) is 5.26 Å². The zero-order valence-electron chi connectivity index (χ0n) is 23.4. The van der Waals surface area contributed by atoms with Gasteiger partial charge in [0.05, 0.1) is 23.0 Å². The lowest BCUT2D eigenvalue weighted by Crippen LogP contribution is -2.57. The van der Waals surface area contributed by atoms with Gasteiger partial charge in [-0.15, -0.1) is 6.58 Å². The highest BCUT2D eigenvalue weighted by molar-refractivity contribution is 7.95. The third-order valence-corrected chi connectivity index (χ3v) is 10.1. The molecule has 41 heavy (non-hydrogen) atoms. The van der Waals surface area contributed by atoms with E-state index >= 15 is 0 Å². The number of anilines is 2. The number of carbonyl (C=O) groups excluding carboxylic acids is 1. The molecule has 1 saturated heterocycles. The molecule has 2 aromatic rings. The largest absolute Gasteiger partial charge is 0.352 e. The first-order valence-electron chi connectivity index (χ1n) is 14.7. The molecular weight excluding hydrogens is 534 g/mol. The van der Waals surface area contributed by atoms with Crippen LogP contribution in [0.3, 0.4) is 0 Å². The van der Waals surface area contributed by atoms with Crippen molar-refractivity contribution in [3.8, 4) is 17.2 Å². The van der Waals surface area contributed by atoms with Crippen LogP contribution < -0.4 is 9.21 Å². The molecule has 1 amide bonds. The fourth-order valence-corrected chi connectivity index (χ4v) is 6.94. The maximum Gasteiger partial charge on any atom is 0.256 e. The number of carbonyl (C=O) groups is 1. The molecular formula is C32H37N5O3S. The highest BCUT2D eigenvalue weighted by Crippen LogP contribution is 2.46. The van der Waals surface area contributed by atoms with E-state index in [2.05, 4.69) is 29.0 Å². The van der Waals surface area contributed by atoms with E-state index in [9.17, 15) is 18.5 Å². The van der Waals surface area contributed by atoms with E-state index in [1.54, 1.807) is 12.1 Å². The Morgan fingerprint density at radius 3 is 2.54 bits per heavy atom. The molecule has 4 aliphatic rings. The van der Waals surface area contributed by atoms with Gasteiger partial charge >= 0.3 is 0 Å². The van der Waals surface area contributed by atoms with E-state index in [4.69, 9.17) is 4.98 Å². The summed E-state index contributed by atoms with van der Waals surface area (Å²) in [4.78, 5) is 22.5. The maximum atomic E-state index is 13.0. The lowest BCUT2D eigenvalue weighted by molar-refractivity contribution is -0.135. The number of benzene rings is 1. The smallest absolute Gasteiger partial charge is 0.256 e. The Hall–Kier alpha value is -3.64. The first-order chi connectivity index (χ1) is 19.8. The molecule has 1 aromatic heterocycles. The van der Waals surface area contributed by atoms with E-state index in [1.807, 2.05) is 24.3 Å².